The fraction of sp³-hybridized carbons (Fsp3) is 0.933. The number of hydrogen-bond acceptors (Lipinski definition) is 4. The summed E-state index contributed by atoms with van der Waals surface area (Å²) in [7, 11) is 0. The zero-order valence-electron chi connectivity index (χ0n) is 13.3. The third kappa shape index (κ3) is 5.57. The van der Waals surface area contributed by atoms with Crippen molar-refractivity contribution in [3.8, 4) is 0 Å². The lowest BCUT2D eigenvalue weighted by Gasteiger charge is -2.34. The van der Waals surface area contributed by atoms with Gasteiger partial charge in [-0.1, -0.05) is 0 Å². The van der Waals surface area contributed by atoms with Gasteiger partial charge in [-0.15, -0.1) is 0 Å². The van der Waals surface area contributed by atoms with Crippen LogP contribution in [0.15, 0.2) is 4.99 Å². The van der Waals surface area contributed by atoms with E-state index in [0.29, 0.717) is 6.04 Å². The fourth-order valence-corrected chi connectivity index (χ4v) is 4.60. The Hall–Kier alpha value is -0.0700. The van der Waals surface area contributed by atoms with Gasteiger partial charge in [0.1, 0.15) is 0 Å². The van der Waals surface area contributed by atoms with Gasteiger partial charge in [0, 0.05) is 36.3 Å². The molecule has 0 amide bonds. The molecule has 1 atom stereocenters. The third-order valence-corrected chi connectivity index (χ3v) is 6.83. The maximum Gasteiger partial charge on any atom is 0.191 e. The van der Waals surface area contributed by atoms with Crippen molar-refractivity contribution in [2.75, 3.05) is 44.1 Å². The number of hydrogen-bond donors (Lipinski definition) is 2. The molecule has 0 radical (unpaired) electrons. The molecule has 2 rings (SSSR count). The molecule has 0 aromatic rings. The van der Waals surface area contributed by atoms with Crippen LogP contribution in [-0.2, 0) is 4.74 Å². The summed E-state index contributed by atoms with van der Waals surface area (Å²) in [5.41, 5.74) is 0. The van der Waals surface area contributed by atoms with Crippen molar-refractivity contribution in [3.63, 3.8) is 0 Å². The molecule has 0 aromatic heterocycles. The summed E-state index contributed by atoms with van der Waals surface area (Å²) in [6.07, 6.45) is 7.00. The quantitative estimate of drug-likeness (QED) is 0.598. The van der Waals surface area contributed by atoms with Crippen LogP contribution in [0.4, 0.5) is 0 Å². The first-order chi connectivity index (χ1) is 10.3. The molecule has 4 nitrogen and oxygen atoms in total. The Morgan fingerprint density at radius 2 is 2.24 bits per heavy atom. The normalized spacial score (nSPS) is 26.4. The molecular weight excluding hydrogens is 302 g/mol. The van der Waals surface area contributed by atoms with Crippen LogP contribution in [0, 0.1) is 0 Å². The number of rotatable bonds is 5. The van der Waals surface area contributed by atoms with Gasteiger partial charge in [-0.05, 0) is 44.6 Å². The molecular formula is C15H29N3OS2. The number of nitrogens with zero attached hydrogens (tertiary/aromatic N) is 1. The number of ether oxygens (including phenoxy) is 1. The van der Waals surface area contributed by atoms with Gasteiger partial charge in [0.05, 0.1) is 6.54 Å². The lowest BCUT2D eigenvalue weighted by Crippen LogP contribution is -2.46. The molecule has 122 valence electrons. The summed E-state index contributed by atoms with van der Waals surface area (Å²) >= 11 is 4.00. The standard InChI is InChI=1S/C15H29N3OS2/c1-3-16-14(18-13-5-4-10-21-11-13)17-12-15(20-2)6-8-19-9-7-15/h13H,3-12H2,1-2H3,(H2,16,17,18). The molecule has 2 aliphatic rings. The Morgan fingerprint density at radius 3 is 2.86 bits per heavy atom. The van der Waals surface area contributed by atoms with Crippen LogP contribution in [-0.4, -0.2) is 60.8 Å². The first kappa shape index (κ1) is 17.3. The van der Waals surface area contributed by atoms with Crippen molar-refractivity contribution in [2.24, 2.45) is 4.99 Å². The molecule has 2 fully saturated rings. The Morgan fingerprint density at radius 1 is 1.43 bits per heavy atom. The Kier molecular flexibility index (Phi) is 7.54. The van der Waals surface area contributed by atoms with Crippen molar-refractivity contribution in [3.05, 3.63) is 0 Å². The van der Waals surface area contributed by atoms with E-state index < -0.39 is 0 Å². The molecule has 21 heavy (non-hydrogen) atoms. The van der Waals surface area contributed by atoms with Crippen LogP contribution in [0.5, 0.6) is 0 Å². The van der Waals surface area contributed by atoms with Crippen molar-refractivity contribution < 1.29 is 4.74 Å². The predicted octanol–water partition coefficient (Wildman–Crippen LogP) is 2.35. The second-order valence-electron chi connectivity index (χ2n) is 5.75. The van der Waals surface area contributed by atoms with E-state index >= 15 is 0 Å². The van der Waals surface area contributed by atoms with Gasteiger partial charge in [-0.2, -0.15) is 23.5 Å². The van der Waals surface area contributed by atoms with E-state index in [1.807, 2.05) is 23.5 Å². The minimum atomic E-state index is 0.266. The Balaban J connectivity index is 1.91. The second kappa shape index (κ2) is 9.16. The molecule has 0 aromatic carbocycles. The molecule has 2 N–H and O–H groups in total. The van der Waals surface area contributed by atoms with Crippen LogP contribution in [0.1, 0.15) is 32.6 Å². The largest absolute Gasteiger partial charge is 0.381 e. The minimum absolute atomic E-state index is 0.266. The van der Waals surface area contributed by atoms with Crippen LogP contribution in [0.2, 0.25) is 0 Å². The maximum absolute atomic E-state index is 5.51. The van der Waals surface area contributed by atoms with Gasteiger partial charge in [-0.25, -0.2) is 0 Å². The molecule has 2 heterocycles. The van der Waals surface area contributed by atoms with Gasteiger partial charge in [0.15, 0.2) is 5.96 Å². The number of aliphatic imine (C=N–C) groups is 1. The first-order valence-corrected chi connectivity index (χ1v) is 10.4. The van der Waals surface area contributed by atoms with E-state index in [-0.39, 0.29) is 4.75 Å². The number of thioether (sulfide) groups is 2. The monoisotopic (exact) mass is 331 g/mol. The lowest BCUT2D eigenvalue weighted by molar-refractivity contribution is 0.0794. The smallest absolute Gasteiger partial charge is 0.191 e. The molecule has 0 bridgehead atoms. The summed E-state index contributed by atoms with van der Waals surface area (Å²) in [4.78, 5) is 4.88. The van der Waals surface area contributed by atoms with E-state index in [1.165, 1.54) is 24.3 Å². The van der Waals surface area contributed by atoms with Gasteiger partial charge in [-0.3, -0.25) is 4.99 Å². The second-order valence-corrected chi connectivity index (χ2v) is 8.18. The zero-order chi connectivity index (χ0) is 15.0. The van der Waals surface area contributed by atoms with Crippen molar-refractivity contribution in [1.29, 1.82) is 0 Å². The Labute approximate surface area is 137 Å². The molecule has 0 spiro atoms. The van der Waals surface area contributed by atoms with Crippen molar-refractivity contribution in [1.82, 2.24) is 10.6 Å². The third-order valence-electron chi connectivity index (χ3n) is 4.21. The van der Waals surface area contributed by atoms with E-state index in [2.05, 4.69) is 23.8 Å². The summed E-state index contributed by atoms with van der Waals surface area (Å²) in [6.45, 7) is 5.68. The Bertz CT molecular complexity index is 327. The van der Waals surface area contributed by atoms with Gasteiger partial charge >= 0.3 is 0 Å². The van der Waals surface area contributed by atoms with Crippen LogP contribution in [0.25, 0.3) is 0 Å². The first-order valence-electron chi connectivity index (χ1n) is 8.03. The average Bonchev–Trinajstić information content (AvgIpc) is 2.55. The van der Waals surface area contributed by atoms with Gasteiger partial charge in [0.2, 0.25) is 0 Å². The topological polar surface area (TPSA) is 45.7 Å². The average molecular weight is 332 g/mol. The van der Waals surface area contributed by atoms with E-state index in [1.54, 1.807) is 0 Å². The van der Waals surface area contributed by atoms with Gasteiger partial charge in [0.25, 0.3) is 0 Å². The number of nitrogens with one attached hydrogen (secondary N) is 2. The van der Waals surface area contributed by atoms with Crippen molar-refractivity contribution in [2.45, 2.75) is 43.4 Å². The summed E-state index contributed by atoms with van der Waals surface area (Å²) in [5, 5.41) is 7.02. The summed E-state index contributed by atoms with van der Waals surface area (Å²) in [5.74, 6) is 3.50. The molecule has 0 aliphatic carbocycles. The lowest BCUT2D eigenvalue weighted by atomic mass is 9.99. The van der Waals surface area contributed by atoms with Crippen LogP contribution in [0.3, 0.4) is 0 Å². The molecule has 0 saturated carbocycles. The fourth-order valence-electron chi connectivity index (χ4n) is 2.76. The number of guanidine groups is 1. The molecule has 2 aliphatic heterocycles. The zero-order valence-corrected chi connectivity index (χ0v) is 15.0. The highest BCUT2D eigenvalue weighted by Gasteiger charge is 2.31. The van der Waals surface area contributed by atoms with Crippen LogP contribution < -0.4 is 10.6 Å². The van der Waals surface area contributed by atoms with Crippen LogP contribution >= 0.6 is 23.5 Å². The molecule has 1 unspecified atom stereocenters. The van der Waals surface area contributed by atoms with Crippen molar-refractivity contribution >= 4 is 29.5 Å². The van der Waals surface area contributed by atoms with E-state index in [0.717, 1.165) is 45.1 Å². The van der Waals surface area contributed by atoms with E-state index in [4.69, 9.17) is 9.73 Å². The van der Waals surface area contributed by atoms with Gasteiger partial charge < -0.3 is 15.4 Å². The highest BCUT2D eigenvalue weighted by Crippen LogP contribution is 2.34. The molecule has 6 heteroatoms. The summed E-state index contributed by atoms with van der Waals surface area (Å²) in [6, 6.07) is 0.571. The summed E-state index contributed by atoms with van der Waals surface area (Å²) < 4.78 is 5.77. The highest BCUT2D eigenvalue weighted by molar-refractivity contribution is 8.00. The highest BCUT2D eigenvalue weighted by atomic mass is 32.2. The predicted molar refractivity (Wildman–Crippen MR) is 95.8 cm³/mol. The maximum atomic E-state index is 5.51. The minimum Gasteiger partial charge on any atom is -0.381 e. The SMILES string of the molecule is CCNC(=NCC1(SC)CCOCC1)NC1CCCSC1. The molecule has 2 saturated heterocycles. The van der Waals surface area contributed by atoms with E-state index in [9.17, 15) is 0 Å².